The van der Waals surface area contributed by atoms with Gasteiger partial charge in [-0.25, -0.2) is 13.1 Å². The first-order valence-corrected chi connectivity index (χ1v) is 8.09. The van der Waals surface area contributed by atoms with E-state index in [0.29, 0.717) is 24.1 Å². The number of rotatable bonds is 6. The van der Waals surface area contributed by atoms with Crippen molar-refractivity contribution in [1.82, 2.24) is 14.5 Å². The Labute approximate surface area is 124 Å². The van der Waals surface area contributed by atoms with E-state index >= 15 is 0 Å². The van der Waals surface area contributed by atoms with Gasteiger partial charge in [0.05, 0.1) is 23.1 Å². The van der Waals surface area contributed by atoms with Crippen LogP contribution in [0.15, 0.2) is 36.5 Å². The average Bonchev–Trinajstić information content (AvgIpc) is 2.84. The van der Waals surface area contributed by atoms with Gasteiger partial charge in [-0.05, 0) is 23.8 Å². The molecule has 2 aromatic rings. The van der Waals surface area contributed by atoms with E-state index in [1.54, 1.807) is 28.9 Å². The minimum atomic E-state index is -3.39. The Kier molecular flexibility index (Phi) is 4.73. The van der Waals surface area contributed by atoms with Gasteiger partial charge in [-0.15, -0.1) is 0 Å². The van der Waals surface area contributed by atoms with Crippen LogP contribution in [0.4, 0.5) is 0 Å². The second-order valence-electron chi connectivity index (χ2n) is 4.69. The summed E-state index contributed by atoms with van der Waals surface area (Å²) in [6.45, 7) is 0.315. The topological polar surface area (TPSA) is 87.8 Å². The molecule has 0 aliphatic rings. The standard InChI is InChI=1S/C14H16N4O2S/c1-18-9-7-14(17-18)6-8-16-21(19,20)11-13-4-2-12(10-15)3-5-13/h2-5,7,9,16H,6,8,11H2,1H3. The Morgan fingerprint density at radius 2 is 2.00 bits per heavy atom. The van der Waals surface area contributed by atoms with Gasteiger partial charge in [0, 0.05) is 26.2 Å². The SMILES string of the molecule is Cn1ccc(CCNS(=O)(=O)Cc2ccc(C#N)cc2)n1. The zero-order chi connectivity index (χ0) is 15.3. The highest BCUT2D eigenvalue weighted by atomic mass is 32.2. The van der Waals surface area contributed by atoms with Gasteiger partial charge in [0.2, 0.25) is 10.0 Å². The Balaban J connectivity index is 1.88. The van der Waals surface area contributed by atoms with E-state index < -0.39 is 10.0 Å². The first-order chi connectivity index (χ1) is 9.98. The van der Waals surface area contributed by atoms with Crippen molar-refractivity contribution in [3.63, 3.8) is 0 Å². The predicted molar refractivity (Wildman–Crippen MR) is 78.7 cm³/mol. The molecule has 2 rings (SSSR count). The van der Waals surface area contributed by atoms with Gasteiger partial charge >= 0.3 is 0 Å². The highest BCUT2D eigenvalue weighted by molar-refractivity contribution is 7.88. The lowest BCUT2D eigenvalue weighted by atomic mass is 10.2. The lowest BCUT2D eigenvalue weighted by Gasteiger charge is -2.06. The highest BCUT2D eigenvalue weighted by Gasteiger charge is 2.11. The fourth-order valence-electron chi connectivity index (χ4n) is 1.88. The molecule has 0 amide bonds. The molecule has 0 saturated carbocycles. The largest absolute Gasteiger partial charge is 0.276 e. The molecule has 1 aromatic heterocycles. The van der Waals surface area contributed by atoms with Crippen molar-refractivity contribution in [1.29, 1.82) is 5.26 Å². The number of hydrogen-bond acceptors (Lipinski definition) is 4. The Bertz CT molecular complexity index is 742. The summed E-state index contributed by atoms with van der Waals surface area (Å²) < 4.78 is 28.1. The molecule has 0 spiro atoms. The van der Waals surface area contributed by atoms with Gasteiger partial charge < -0.3 is 0 Å². The van der Waals surface area contributed by atoms with Crippen LogP contribution < -0.4 is 4.72 Å². The number of sulfonamides is 1. The monoisotopic (exact) mass is 304 g/mol. The van der Waals surface area contributed by atoms with Crippen LogP contribution in [0.25, 0.3) is 0 Å². The van der Waals surface area contributed by atoms with Gasteiger partial charge in [-0.2, -0.15) is 10.4 Å². The molecule has 0 radical (unpaired) electrons. The summed E-state index contributed by atoms with van der Waals surface area (Å²) in [6, 6.07) is 10.4. The van der Waals surface area contributed by atoms with Crippen molar-refractivity contribution in [3.05, 3.63) is 53.3 Å². The van der Waals surface area contributed by atoms with Gasteiger partial charge in [0.25, 0.3) is 0 Å². The molecule has 110 valence electrons. The fraction of sp³-hybridized carbons (Fsp3) is 0.286. The van der Waals surface area contributed by atoms with Crippen LogP contribution >= 0.6 is 0 Å². The highest BCUT2D eigenvalue weighted by Crippen LogP contribution is 2.07. The van der Waals surface area contributed by atoms with Crippen molar-refractivity contribution < 1.29 is 8.42 Å². The molecule has 1 aromatic carbocycles. The number of aromatic nitrogens is 2. The second kappa shape index (κ2) is 6.52. The van der Waals surface area contributed by atoms with Crippen molar-refractivity contribution >= 4 is 10.0 Å². The van der Waals surface area contributed by atoms with Gasteiger partial charge in [-0.3, -0.25) is 4.68 Å². The van der Waals surface area contributed by atoms with Gasteiger partial charge in [0.1, 0.15) is 0 Å². The molecule has 0 bridgehead atoms. The minimum absolute atomic E-state index is 0.0963. The summed E-state index contributed by atoms with van der Waals surface area (Å²) in [7, 11) is -1.57. The summed E-state index contributed by atoms with van der Waals surface area (Å²) in [6.07, 6.45) is 2.37. The maximum atomic E-state index is 11.9. The molecule has 0 fully saturated rings. The van der Waals surface area contributed by atoms with Gasteiger partial charge in [0.15, 0.2) is 0 Å². The quantitative estimate of drug-likeness (QED) is 0.861. The lowest BCUT2D eigenvalue weighted by molar-refractivity contribution is 0.580. The normalized spacial score (nSPS) is 11.2. The van der Waals surface area contributed by atoms with E-state index in [-0.39, 0.29) is 5.75 Å². The number of benzene rings is 1. The Morgan fingerprint density at radius 3 is 2.57 bits per heavy atom. The van der Waals surface area contributed by atoms with E-state index in [1.165, 1.54) is 0 Å². The zero-order valence-electron chi connectivity index (χ0n) is 11.7. The minimum Gasteiger partial charge on any atom is -0.276 e. The second-order valence-corrected chi connectivity index (χ2v) is 6.50. The summed E-state index contributed by atoms with van der Waals surface area (Å²) in [4.78, 5) is 0. The number of nitrogens with one attached hydrogen (secondary N) is 1. The summed E-state index contributed by atoms with van der Waals surface area (Å²) in [5.41, 5.74) is 2.01. The predicted octanol–water partition coefficient (Wildman–Crippen LogP) is 0.954. The maximum absolute atomic E-state index is 11.9. The Hall–Kier alpha value is -2.17. The summed E-state index contributed by atoms with van der Waals surface area (Å²) >= 11 is 0. The number of aryl methyl sites for hydroxylation is 1. The van der Waals surface area contributed by atoms with Crippen LogP contribution in [0, 0.1) is 11.3 Å². The van der Waals surface area contributed by atoms with Crippen LogP contribution in [0.2, 0.25) is 0 Å². The first kappa shape index (κ1) is 15.2. The average molecular weight is 304 g/mol. The van der Waals surface area contributed by atoms with E-state index in [0.717, 1.165) is 5.69 Å². The van der Waals surface area contributed by atoms with Gasteiger partial charge in [-0.1, -0.05) is 12.1 Å². The molecular formula is C14H16N4O2S. The van der Waals surface area contributed by atoms with Crippen molar-refractivity contribution in [2.24, 2.45) is 7.05 Å². The van der Waals surface area contributed by atoms with Crippen LogP contribution in [-0.2, 0) is 29.2 Å². The molecule has 0 saturated heterocycles. The number of nitrogens with zero attached hydrogens (tertiary/aromatic N) is 3. The fourth-order valence-corrected chi connectivity index (χ4v) is 3.02. The van der Waals surface area contributed by atoms with E-state index in [2.05, 4.69) is 9.82 Å². The molecule has 0 aliphatic heterocycles. The maximum Gasteiger partial charge on any atom is 0.215 e. The molecule has 0 atom stereocenters. The third-order valence-corrected chi connectivity index (χ3v) is 4.27. The molecule has 7 heteroatoms. The number of hydrogen-bond donors (Lipinski definition) is 1. The molecular weight excluding hydrogens is 288 g/mol. The zero-order valence-corrected chi connectivity index (χ0v) is 12.5. The first-order valence-electron chi connectivity index (χ1n) is 6.43. The third-order valence-electron chi connectivity index (χ3n) is 2.91. The molecule has 0 aliphatic carbocycles. The van der Waals surface area contributed by atoms with Crippen LogP contribution in [0.1, 0.15) is 16.8 Å². The molecule has 21 heavy (non-hydrogen) atoms. The Morgan fingerprint density at radius 1 is 1.29 bits per heavy atom. The van der Waals surface area contributed by atoms with Crippen LogP contribution in [0.5, 0.6) is 0 Å². The van der Waals surface area contributed by atoms with Crippen LogP contribution in [-0.4, -0.2) is 24.7 Å². The van der Waals surface area contributed by atoms with Crippen molar-refractivity contribution in [3.8, 4) is 6.07 Å². The summed E-state index contributed by atoms with van der Waals surface area (Å²) in [5.74, 6) is -0.0963. The molecule has 1 N–H and O–H groups in total. The van der Waals surface area contributed by atoms with Crippen molar-refractivity contribution in [2.45, 2.75) is 12.2 Å². The third kappa shape index (κ3) is 4.70. The summed E-state index contributed by atoms with van der Waals surface area (Å²) in [5, 5.41) is 12.9. The van der Waals surface area contributed by atoms with Crippen LogP contribution in [0.3, 0.4) is 0 Å². The van der Waals surface area contributed by atoms with E-state index in [4.69, 9.17) is 5.26 Å². The molecule has 6 nitrogen and oxygen atoms in total. The lowest BCUT2D eigenvalue weighted by Crippen LogP contribution is -2.27. The van der Waals surface area contributed by atoms with E-state index in [1.807, 2.05) is 25.4 Å². The molecule has 0 unspecified atom stereocenters. The van der Waals surface area contributed by atoms with Crippen molar-refractivity contribution in [2.75, 3.05) is 6.54 Å². The van der Waals surface area contributed by atoms with E-state index in [9.17, 15) is 8.42 Å². The smallest absolute Gasteiger partial charge is 0.215 e. The number of nitriles is 1. The molecule has 1 heterocycles.